The number of carbonyl (C=O) groups excluding carboxylic acids is 1. The van der Waals surface area contributed by atoms with E-state index in [1.54, 1.807) is 0 Å². The van der Waals surface area contributed by atoms with Crippen molar-refractivity contribution in [3.63, 3.8) is 0 Å². The van der Waals surface area contributed by atoms with E-state index >= 15 is 0 Å². The molecule has 5 heteroatoms. The number of imidazole rings is 1. The first-order chi connectivity index (χ1) is 10.7. The first-order valence-corrected chi connectivity index (χ1v) is 9.27. The number of fused-ring (bicyclic) bond motifs is 3. The molecule has 0 aliphatic carbocycles. The van der Waals surface area contributed by atoms with Gasteiger partial charge in [0.15, 0.2) is 0 Å². The molecule has 2 aliphatic heterocycles. The zero-order valence-corrected chi connectivity index (χ0v) is 13.8. The molecule has 2 aromatic heterocycles. The SMILES string of the molecule is CSC1CC2CCC(C1)N2C(=O)c1c(C)nc2ccccn12. The van der Waals surface area contributed by atoms with Crippen molar-refractivity contribution in [2.45, 2.75) is 49.9 Å². The van der Waals surface area contributed by atoms with Gasteiger partial charge in [-0.05, 0) is 51.0 Å². The van der Waals surface area contributed by atoms with E-state index in [0.29, 0.717) is 17.3 Å². The van der Waals surface area contributed by atoms with Crippen LogP contribution in [0, 0.1) is 6.92 Å². The van der Waals surface area contributed by atoms with Crippen molar-refractivity contribution in [2.75, 3.05) is 6.26 Å². The van der Waals surface area contributed by atoms with Crippen molar-refractivity contribution in [1.29, 1.82) is 0 Å². The lowest BCUT2D eigenvalue weighted by Crippen LogP contribution is -2.47. The highest BCUT2D eigenvalue weighted by molar-refractivity contribution is 7.99. The lowest BCUT2D eigenvalue weighted by molar-refractivity contribution is 0.0593. The topological polar surface area (TPSA) is 37.6 Å². The maximum absolute atomic E-state index is 13.2. The third kappa shape index (κ3) is 2.06. The molecule has 4 nitrogen and oxygen atoms in total. The van der Waals surface area contributed by atoms with Crippen LogP contribution in [0.25, 0.3) is 5.65 Å². The molecule has 116 valence electrons. The van der Waals surface area contributed by atoms with Gasteiger partial charge in [0.1, 0.15) is 11.3 Å². The molecule has 2 aromatic rings. The smallest absolute Gasteiger partial charge is 0.273 e. The number of piperidine rings is 1. The van der Waals surface area contributed by atoms with Gasteiger partial charge in [0, 0.05) is 23.5 Å². The summed E-state index contributed by atoms with van der Waals surface area (Å²) < 4.78 is 1.94. The molecule has 4 rings (SSSR count). The number of hydrogen-bond donors (Lipinski definition) is 0. The van der Waals surface area contributed by atoms with E-state index in [4.69, 9.17) is 0 Å². The number of rotatable bonds is 2. The number of hydrogen-bond acceptors (Lipinski definition) is 3. The lowest BCUT2D eigenvalue weighted by Gasteiger charge is -2.38. The van der Waals surface area contributed by atoms with Crippen molar-refractivity contribution in [3.05, 3.63) is 35.8 Å². The van der Waals surface area contributed by atoms with Gasteiger partial charge in [-0.1, -0.05) is 6.07 Å². The third-order valence-corrected chi connectivity index (χ3v) is 6.22. The molecule has 2 saturated heterocycles. The van der Waals surface area contributed by atoms with Crippen molar-refractivity contribution in [3.8, 4) is 0 Å². The van der Waals surface area contributed by atoms with Crippen LogP contribution in [-0.2, 0) is 0 Å². The summed E-state index contributed by atoms with van der Waals surface area (Å²) in [6, 6.07) is 6.70. The van der Waals surface area contributed by atoms with Crippen LogP contribution < -0.4 is 0 Å². The minimum Gasteiger partial charge on any atom is -0.331 e. The lowest BCUT2D eigenvalue weighted by atomic mass is 10.0. The van der Waals surface area contributed by atoms with Gasteiger partial charge < -0.3 is 4.90 Å². The van der Waals surface area contributed by atoms with Crippen LogP contribution in [0.2, 0.25) is 0 Å². The highest BCUT2D eigenvalue weighted by Gasteiger charge is 2.44. The van der Waals surface area contributed by atoms with Gasteiger partial charge in [0.05, 0.1) is 5.69 Å². The van der Waals surface area contributed by atoms with Crippen LogP contribution in [0.5, 0.6) is 0 Å². The number of nitrogens with zero attached hydrogens (tertiary/aromatic N) is 3. The van der Waals surface area contributed by atoms with Crippen LogP contribution in [0.1, 0.15) is 41.9 Å². The van der Waals surface area contributed by atoms with E-state index in [0.717, 1.165) is 42.7 Å². The number of aryl methyl sites for hydroxylation is 1. The molecule has 2 bridgehead atoms. The number of aromatic nitrogens is 2. The van der Waals surface area contributed by atoms with Crippen LogP contribution in [0.4, 0.5) is 0 Å². The second-order valence-corrected chi connectivity index (χ2v) is 7.54. The Labute approximate surface area is 134 Å². The average Bonchev–Trinajstić information content (AvgIpc) is 2.99. The quantitative estimate of drug-likeness (QED) is 0.854. The Morgan fingerprint density at radius 3 is 2.68 bits per heavy atom. The van der Waals surface area contributed by atoms with Gasteiger partial charge in [-0.25, -0.2) is 4.98 Å². The summed E-state index contributed by atoms with van der Waals surface area (Å²) in [5.41, 5.74) is 2.44. The summed E-state index contributed by atoms with van der Waals surface area (Å²) in [4.78, 5) is 19.9. The fraction of sp³-hybridized carbons (Fsp3) is 0.529. The molecule has 2 fully saturated rings. The Morgan fingerprint density at radius 2 is 2.00 bits per heavy atom. The largest absolute Gasteiger partial charge is 0.331 e. The van der Waals surface area contributed by atoms with E-state index in [2.05, 4.69) is 16.1 Å². The summed E-state index contributed by atoms with van der Waals surface area (Å²) in [7, 11) is 0. The van der Waals surface area contributed by atoms with Crippen LogP contribution in [0.15, 0.2) is 24.4 Å². The first kappa shape index (κ1) is 14.1. The van der Waals surface area contributed by atoms with Crippen LogP contribution >= 0.6 is 11.8 Å². The molecule has 1 amide bonds. The molecule has 22 heavy (non-hydrogen) atoms. The molecule has 2 aliphatic rings. The van der Waals surface area contributed by atoms with E-state index in [9.17, 15) is 4.79 Å². The van der Waals surface area contributed by atoms with Crippen molar-refractivity contribution >= 4 is 23.3 Å². The molecular weight excluding hydrogens is 294 g/mol. The van der Waals surface area contributed by atoms with Gasteiger partial charge in [-0.2, -0.15) is 11.8 Å². The van der Waals surface area contributed by atoms with Crippen molar-refractivity contribution < 1.29 is 4.79 Å². The van der Waals surface area contributed by atoms with Crippen LogP contribution in [-0.4, -0.2) is 43.8 Å². The van der Waals surface area contributed by atoms with Gasteiger partial charge in [0.25, 0.3) is 5.91 Å². The highest BCUT2D eigenvalue weighted by Crippen LogP contribution is 2.40. The molecule has 0 radical (unpaired) electrons. The van der Waals surface area contributed by atoms with Crippen molar-refractivity contribution in [2.24, 2.45) is 0 Å². The summed E-state index contributed by atoms with van der Waals surface area (Å²) in [6.07, 6.45) is 8.72. The molecule has 0 saturated carbocycles. The van der Waals surface area contributed by atoms with E-state index in [1.165, 1.54) is 0 Å². The second kappa shape index (κ2) is 5.30. The van der Waals surface area contributed by atoms with Gasteiger partial charge in [-0.15, -0.1) is 0 Å². The summed E-state index contributed by atoms with van der Waals surface area (Å²) >= 11 is 1.95. The number of thioether (sulfide) groups is 1. The summed E-state index contributed by atoms with van der Waals surface area (Å²) in [5, 5.41) is 0.713. The second-order valence-electron chi connectivity index (χ2n) is 6.40. The summed E-state index contributed by atoms with van der Waals surface area (Å²) in [5.74, 6) is 0.170. The highest BCUT2D eigenvalue weighted by atomic mass is 32.2. The zero-order chi connectivity index (χ0) is 15.3. The third-order valence-electron chi connectivity index (χ3n) is 5.16. The number of carbonyl (C=O) groups is 1. The monoisotopic (exact) mass is 315 g/mol. The average molecular weight is 315 g/mol. The Hall–Kier alpha value is -1.49. The van der Waals surface area contributed by atoms with Gasteiger partial charge >= 0.3 is 0 Å². The Kier molecular flexibility index (Phi) is 3.40. The van der Waals surface area contributed by atoms with E-state index in [1.807, 2.05) is 47.5 Å². The fourth-order valence-corrected chi connectivity index (χ4v) is 4.97. The fourth-order valence-electron chi connectivity index (χ4n) is 4.14. The van der Waals surface area contributed by atoms with E-state index in [-0.39, 0.29) is 5.91 Å². The minimum absolute atomic E-state index is 0.170. The van der Waals surface area contributed by atoms with Gasteiger partial charge in [0.2, 0.25) is 0 Å². The number of pyridine rings is 1. The molecule has 0 N–H and O–H groups in total. The van der Waals surface area contributed by atoms with Gasteiger partial charge in [-0.3, -0.25) is 9.20 Å². The van der Waals surface area contributed by atoms with E-state index < -0.39 is 0 Å². The predicted molar refractivity (Wildman–Crippen MR) is 89.4 cm³/mol. The maximum Gasteiger partial charge on any atom is 0.273 e. The predicted octanol–water partition coefficient (Wildman–Crippen LogP) is 3.14. The standard InChI is InChI=1S/C17H21N3OS/c1-11-16(19-8-4-3-5-15(19)18-11)17(21)20-12-6-7-13(20)10-14(9-12)22-2/h3-5,8,12-14H,6-7,9-10H2,1-2H3. The Bertz CT molecular complexity index is 712. The molecule has 0 spiro atoms. The Balaban J connectivity index is 1.71. The molecular formula is C17H21N3OS. The van der Waals surface area contributed by atoms with Crippen molar-refractivity contribution in [1.82, 2.24) is 14.3 Å². The zero-order valence-electron chi connectivity index (χ0n) is 13.0. The maximum atomic E-state index is 13.2. The molecule has 0 aromatic carbocycles. The molecule has 2 atom stereocenters. The summed E-state index contributed by atoms with van der Waals surface area (Å²) in [6.45, 7) is 1.94. The Morgan fingerprint density at radius 1 is 1.27 bits per heavy atom. The van der Waals surface area contributed by atoms with Crippen LogP contribution in [0.3, 0.4) is 0 Å². The normalized spacial score (nSPS) is 27.5. The number of amides is 1. The molecule has 4 heterocycles. The molecule has 2 unspecified atom stereocenters. The first-order valence-electron chi connectivity index (χ1n) is 7.98. The minimum atomic E-state index is 0.170.